The highest BCUT2D eigenvalue weighted by Crippen LogP contribution is 2.38. The Hall–Kier alpha value is -2.40. The average Bonchev–Trinajstić information content (AvgIpc) is 2.67. The number of rotatable bonds is 5. The molecule has 5 nitrogen and oxygen atoms in total. The second kappa shape index (κ2) is 8.95. The highest BCUT2D eigenvalue weighted by Gasteiger charge is 2.35. The Morgan fingerprint density at radius 2 is 2.14 bits per heavy atom. The molecule has 7 heteroatoms. The first-order valence-electron chi connectivity index (χ1n) is 9.36. The third-order valence-corrected chi connectivity index (χ3v) is 6.03. The quantitative estimate of drug-likeness (QED) is 0.423. The summed E-state index contributed by atoms with van der Waals surface area (Å²) in [7, 11) is 0. The van der Waals surface area contributed by atoms with Crippen LogP contribution in [0.25, 0.3) is 0 Å². The maximum Gasteiger partial charge on any atom is 0.124 e. The number of halogens is 1. The van der Waals surface area contributed by atoms with Gasteiger partial charge in [-0.25, -0.2) is 4.39 Å². The smallest absolute Gasteiger partial charge is 0.124 e. The van der Waals surface area contributed by atoms with Crippen molar-refractivity contribution in [1.29, 1.82) is 5.26 Å². The molecule has 0 bridgehead atoms. The second-order valence-corrected chi connectivity index (χ2v) is 8.43. The van der Waals surface area contributed by atoms with Crippen molar-refractivity contribution in [3.63, 3.8) is 0 Å². The lowest BCUT2D eigenvalue weighted by atomic mass is 9.84. The number of benzene rings is 2. The van der Waals surface area contributed by atoms with Crippen LogP contribution in [0.3, 0.4) is 0 Å². The van der Waals surface area contributed by atoms with Crippen LogP contribution in [-0.2, 0) is 16.8 Å². The summed E-state index contributed by atoms with van der Waals surface area (Å²) in [6.45, 7) is 3.99. The molecule has 0 aromatic heterocycles. The Morgan fingerprint density at radius 3 is 2.83 bits per heavy atom. The van der Waals surface area contributed by atoms with Crippen LogP contribution in [0.4, 0.5) is 4.39 Å². The third kappa shape index (κ3) is 4.96. The van der Waals surface area contributed by atoms with E-state index in [9.17, 15) is 9.50 Å². The first kappa shape index (κ1) is 21.3. The van der Waals surface area contributed by atoms with Crippen molar-refractivity contribution in [3.05, 3.63) is 58.9 Å². The van der Waals surface area contributed by atoms with Gasteiger partial charge in [0.05, 0.1) is 36.5 Å². The fourth-order valence-corrected chi connectivity index (χ4v) is 4.59. The fourth-order valence-electron chi connectivity index (χ4n) is 3.63. The van der Waals surface area contributed by atoms with Gasteiger partial charge >= 0.3 is 0 Å². The highest BCUT2D eigenvalue weighted by atomic mass is 32.2. The topological polar surface area (TPSA) is 85.8 Å². The summed E-state index contributed by atoms with van der Waals surface area (Å²) in [4.78, 5) is 1.49. The van der Waals surface area contributed by atoms with Gasteiger partial charge in [-0.15, -0.1) is 0 Å². The fraction of sp³-hybridized carbons (Fsp3) is 0.364. The maximum absolute atomic E-state index is 14.3. The van der Waals surface area contributed by atoms with Crippen LogP contribution in [-0.4, -0.2) is 28.7 Å². The van der Waals surface area contributed by atoms with Gasteiger partial charge in [0.2, 0.25) is 0 Å². The van der Waals surface area contributed by atoms with Gasteiger partial charge in [0, 0.05) is 28.2 Å². The SMILES string of the molecule is C/C(=N\O)c1ccc(Sc2cc(F)cc([C@@]3(O)CCO[C@@H](C)C3)c2)cc1CC#N. The molecule has 0 spiro atoms. The van der Waals surface area contributed by atoms with Gasteiger partial charge in [0.1, 0.15) is 5.82 Å². The summed E-state index contributed by atoms with van der Waals surface area (Å²) in [5.41, 5.74) is 1.30. The maximum atomic E-state index is 14.3. The molecule has 0 saturated carbocycles. The lowest BCUT2D eigenvalue weighted by Crippen LogP contribution is -2.37. The molecular weight excluding hydrogens is 391 g/mol. The number of oxime groups is 1. The van der Waals surface area contributed by atoms with Gasteiger partial charge in [-0.3, -0.25) is 0 Å². The summed E-state index contributed by atoms with van der Waals surface area (Å²) in [6, 6.07) is 12.2. The summed E-state index contributed by atoms with van der Waals surface area (Å²) in [5.74, 6) is -0.408. The van der Waals surface area contributed by atoms with Crippen LogP contribution < -0.4 is 0 Å². The van der Waals surface area contributed by atoms with Crippen molar-refractivity contribution in [1.82, 2.24) is 0 Å². The zero-order valence-electron chi connectivity index (χ0n) is 16.4. The number of hydrogen-bond donors (Lipinski definition) is 2. The first-order valence-corrected chi connectivity index (χ1v) is 10.2. The number of hydrogen-bond acceptors (Lipinski definition) is 6. The Labute approximate surface area is 173 Å². The van der Waals surface area contributed by atoms with Crippen molar-refractivity contribution in [2.45, 2.75) is 54.6 Å². The molecule has 1 aliphatic rings. The van der Waals surface area contributed by atoms with Crippen LogP contribution in [0.15, 0.2) is 51.3 Å². The van der Waals surface area contributed by atoms with Gasteiger partial charge in [0.15, 0.2) is 0 Å². The molecule has 1 fully saturated rings. The van der Waals surface area contributed by atoms with Gasteiger partial charge in [-0.05, 0) is 55.3 Å². The minimum Gasteiger partial charge on any atom is -0.411 e. The van der Waals surface area contributed by atoms with E-state index in [1.807, 2.05) is 25.1 Å². The van der Waals surface area contributed by atoms with Gasteiger partial charge in [-0.1, -0.05) is 23.0 Å². The van der Waals surface area contributed by atoms with E-state index in [4.69, 9.17) is 15.2 Å². The summed E-state index contributed by atoms with van der Waals surface area (Å²) < 4.78 is 19.8. The van der Waals surface area contributed by atoms with Crippen molar-refractivity contribution in [2.75, 3.05) is 6.61 Å². The molecule has 1 heterocycles. The molecule has 3 rings (SSSR count). The molecule has 152 valence electrons. The third-order valence-electron chi connectivity index (χ3n) is 5.07. The molecule has 2 aromatic carbocycles. The van der Waals surface area contributed by atoms with E-state index < -0.39 is 11.4 Å². The summed E-state index contributed by atoms with van der Waals surface area (Å²) >= 11 is 1.35. The van der Waals surface area contributed by atoms with E-state index in [0.717, 1.165) is 10.5 Å². The van der Waals surface area contributed by atoms with E-state index in [-0.39, 0.29) is 12.5 Å². The van der Waals surface area contributed by atoms with Crippen LogP contribution in [0, 0.1) is 17.1 Å². The Kier molecular flexibility index (Phi) is 6.58. The number of aliphatic hydroxyl groups is 1. The van der Waals surface area contributed by atoms with Crippen LogP contribution in [0.2, 0.25) is 0 Å². The molecule has 2 atom stereocenters. The second-order valence-electron chi connectivity index (χ2n) is 7.28. The number of nitrogens with zero attached hydrogens (tertiary/aromatic N) is 2. The monoisotopic (exact) mass is 414 g/mol. The molecular formula is C22H23FN2O3S. The molecule has 29 heavy (non-hydrogen) atoms. The van der Waals surface area contributed by atoms with E-state index in [2.05, 4.69) is 11.2 Å². The molecule has 0 radical (unpaired) electrons. The van der Waals surface area contributed by atoms with Gasteiger partial charge < -0.3 is 15.1 Å². The van der Waals surface area contributed by atoms with E-state index in [0.29, 0.717) is 41.2 Å². The average molecular weight is 415 g/mol. The zero-order valence-corrected chi connectivity index (χ0v) is 17.2. The van der Waals surface area contributed by atoms with E-state index >= 15 is 0 Å². The molecule has 0 aliphatic carbocycles. The lowest BCUT2D eigenvalue weighted by Gasteiger charge is -2.36. The van der Waals surface area contributed by atoms with Crippen molar-refractivity contribution >= 4 is 17.5 Å². The predicted octanol–water partition coefficient (Wildman–Crippen LogP) is 4.63. The molecule has 2 N–H and O–H groups in total. The standard InChI is InChI=1S/C22H23FN2O3S/c1-14-13-22(26,6-8-28-14)17-10-18(23)12-20(11-17)29-19-3-4-21(15(2)25-27)16(9-19)5-7-24/h3-4,9-12,14,26-27H,5-6,8,13H2,1-2H3/b25-15+/t14-,22+/m0/s1. The zero-order chi connectivity index (χ0) is 21.0. The van der Waals surface area contributed by atoms with Crippen molar-refractivity contribution < 1.29 is 19.4 Å². The molecule has 1 aliphatic heterocycles. The Balaban J connectivity index is 1.92. The van der Waals surface area contributed by atoms with Crippen molar-refractivity contribution in [3.8, 4) is 6.07 Å². The lowest BCUT2D eigenvalue weighted by molar-refractivity contribution is -0.101. The summed E-state index contributed by atoms with van der Waals surface area (Å²) in [5, 5.41) is 32.4. The normalized spacial score (nSPS) is 22.3. The first-order chi connectivity index (χ1) is 13.8. The van der Waals surface area contributed by atoms with E-state index in [1.54, 1.807) is 13.0 Å². The molecule has 2 aromatic rings. The summed E-state index contributed by atoms with van der Waals surface area (Å²) in [6.07, 6.45) is 0.918. The molecule has 0 unspecified atom stereocenters. The Bertz CT molecular complexity index is 973. The van der Waals surface area contributed by atoms with E-state index in [1.165, 1.54) is 23.9 Å². The largest absolute Gasteiger partial charge is 0.411 e. The van der Waals surface area contributed by atoms with Crippen LogP contribution in [0.1, 0.15) is 43.4 Å². The van der Waals surface area contributed by atoms with Gasteiger partial charge in [0.25, 0.3) is 0 Å². The van der Waals surface area contributed by atoms with Crippen LogP contribution in [0.5, 0.6) is 0 Å². The minimum atomic E-state index is -1.11. The minimum absolute atomic E-state index is 0.0920. The Morgan fingerprint density at radius 1 is 1.34 bits per heavy atom. The van der Waals surface area contributed by atoms with Crippen LogP contribution >= 0.6 is 11.8 Å². The van der Waals surface area contributed by atoms with Crippen molar-refractivity contribution in [2.24, 2.45) is 5.16 Å². The number of ether oxygens (including phenoxy) is 1. The predicted molar refractivity (Wildman–Crippen MR) is 109 cm³/mol. The number of nitriles is 1. The molecule has 0 amide bonds. The molecule has 1 saturated heterocycles. The van der Waals surface area contributed by atoms with Gasteiger partial charge in [-0.2, -0.15) is 5.26 Å². The highest BCUT2D eigenvalue weighted by molar-refractivity contribution is 7.99.